The lowest BCUT2D eigenvalue weighted by molar-refractivity contribution is -0.132. The fourth-order valence-electron chi connectivity index (χ4n) is 3.66. The molecule has 1 fully saturated rings. The van der Waals surface area contributed by atoms with E-state index in [-0.39, 0.29) is 18.0 Å². The summed E-state index contributed by atoms with van der Waals surface area (Å²) in [7, 11) is 0. The van der Waals surface area contributed by atoms with Crippen molar-refractivity contribution in [2.45, 2.75) is 38.6 Å². The summed E-state index contributed by atoms with van der Waals surface area (Å²) >= 11 is 7.42. The first kappa shape index (κ1) is 19.2. The SMILES string of the molecule is O=C(Cn1cnc2scc(-c3ccc(Cl)cc3)c2c1=O)N1CCCCCCC1. The quantitative estimate of drug-likeness (QED) is 0.629. The van der Waals surface area contributed by atoms with E-state index in [0.29, 0.717) is 15.2 Å². The van der Waals surface area contributed by atoms with E-state index in [1.807, 2.05) is 22.4 Å². The number of carbonyl (C=O) groups is 1. The van der Waals surface area contributed by atoms with Crippen LogP contribution in [0.4, 0.5) is 0 Å². The Bertz CT molecular complexity index is 1030. The number of amides is 1. The Balaban J connectivity index is 1.64. The molecule has 3 heterocycles. The number of hydrogen-bond acceptors (Lipinski definition) is 4. The van der Waals surface area contributed by atoms with Gasteiger partial charge >= 0.3 is 0 Å². The van der Waals surface area contributed by atoms with Crippen LogP contribution in [0, 0.1) is 0 Å². The third kappa shape index (κ3) is 3.98. The summed E-state index contributed by atoms with van der Waals surface area (Å²) in [5.74, 6) is -0.00609. The van der Waals surface area contributed by atoms with Gasteiger partial charge in [0.1, 0.15) is 11.4 Å². The second kappa shape index (κ2) is 8.45. The molecule has 0 N–H and O–H groups in total. The van der Waals surface area contributed by atoms with Crippen molar-refractivity contribution in [3.63, 3.8) is 0 Å². The van der Waals surface area contributed by atoms with Gasteiger partial charge in [0.05, 0.1) is 11.7 Å². The molecule has 0 radical (unpaired) electrons. The maximum Gasteiger partial charge on any atom is 0.263 e. The number of nitrogens with zero attached hydrogens (tertiary/aromatic N) is 3. The van der Waals surface area contributed by atoms with E-state index in [2.05, 4.69) is 4.98 Å². The normalized spacial score (nSPS) is 15.4. The zero-order valence-electron chi connectivity index (χ0n) is 15.6. The van der Waals surface area contributed by atoms with Gasteiger partial charge in [-0.05, 0) is 30.5 Å². The Morgan fingerprint density at radius 2 is 1.75 bits per heavy atom. The molecule has 1 amide bonds. The van der Waals surface area contributed by atoms with Crippen molar-refractivity contribution in [2.75, 3.05) is 13.1 Å². The molecule has 0 spiro atoms. The smallest absolute Gasteiger partial charge is 0.263 e. The minimum absolute atomic E-state index is 0.00609. The number of aromatic nitrogens is 2. The van der Waals surface area contributed by atoms with E-state index in [1.165, 1.54) is 28.7 Å². The second-order valence-electron chi connectivity index (χ2n) is 7.16. The van der Waals surface area contributed by atoms with Gasteiger partial charge in [-0.3, -0.25) is 14.2 Å². The number of hydrogen-bond donors (Lipinski definition) is 0. The highest BCUT2D eigenvalue weighted by molar-refractivity contribution is 7.17. The van der Waals surface area contributed by atoms with Gasteiger partial charge in [-0.2, -0.15) is 0 Å². The van der Waals surface area contributed by atoms with E-state index >= 15 is 0 Å². The number of carbonyl (C=O) groups excluding carboxylic acids is 1. The molecule has 0 aliphatic carbocycles. The highest BCUT2D eigenvalue weighted by atomic mass is 35.5. The summed E-state index contributed by atoms with van der Waals surface area (Å²) in [6.07, 6.45) is 7.13. The maximum absolute atomic E-state index is 13.1. The minimum atomic E-state index is -0.170. The zero-order chi connectivity index (χ0) is 19.5. The fourth-order valence-corrected chi connectivity index (χ4v) is 4.70. The monoisotopic (exact) mass is 415 g/mol. The Morgan fingerprint density at radius 1 is 1.07 bits per heavy atom. The van der Waals surface area contributed by atoms with Crippen molar-refractivity contribution in [1.82, 2.24) is 14.5 Å². The summed E-state index contributed by atoms with van der Waals surface area (Å²) in [5, 5.41) is 3.15. The molecule has 28 heavy (non-hydrogen) atoms. The lowest BCUT2D eigenvalue weighted by atomic mass is 10.1. The van der Waals surface area contributed by atoms with Crippen LogP contribution in [0.25, 0.3) is 21.3 Å². The molecule has 0 atom stereocenters. The summed E-state index contributed by atoms with van der Waals surface area (Å²) in [6.45, 7) is 1.59. The van der Waals surface area contributed by atoms with Crippen LogP contribution in [-0.2, 0) is 11.3 Å². The van der Waals surface area contributed by atoms with Gasteiger partial charge in [0.25, 0.3) is 5.56 Å². The highest BCUT2D eigenvalue weighted by Crippen LogP contribution is 2.31. The van der Waals surface area contributed by atoms with Gasteiger partial charge in [-0.15, -0.1) is 11.3 Å². The van der Waals surface area contributed by atoms with Crippen molar-refractivity contribution in [3.8, 4) is 11.1 Å². The topological polar surface area (TPSA) is 55.2 Å². The average Bonchev–Trinajstić information content (AvgIpc) is 3.09. The molecule has 3 aromatic rings. The standard InChI is InChI=1S/C21H22ClN3O2S/c22-16-8-6-15(7-9-16)17-13-28-20-19(17)21(27)25(14-23-20)12-18(26)24-10-4-2-1-3-5-11-24/h6-9,13-14H,1-5,10-12H2. The van der Waals surface area contributed by atoms with Gasteiger partial charge in [-0.1, -0.05) is 43.0 Å². The maximum atomic E-state index is 13.1. The van der Waals surface area contributed by atoms with Crippen LogP contribution in [0.5, 0.6) is 0 Å². The van der Waals surface area contributed by atoms with Crippen LogP contribution in [-0.4, -0.2) is 33.4 Å². The van der Waals surface area contributed by atoms with Crippen LogP contribution >= 0.6 is 22.9 Å². The number of fused-ring (bicyclic) bond motifs is 1. The molecule has 4 rings (SSSR count). The van der Waals surface area contributed by atoms with E-state index in [0.717, 1.165) is 49.9 Å². The number of thiophene rings is 1. The highest BCUT2D eigenvalue weighted by Gasteiger charge is 2.18. The Morgan fingerprint density at radius 3 is 2.46 bits per heavy atom. The summed E-state index contributed by atoms with van der Waals surface area (Å²) in [4.78, 5) is 32.9. The van der Waals surface area contributed by atoms with Crippen LogP contribution in [0.15, 0.2) is 40.8 Å². The molecule has 0 unspecified atom stereocenters. The average molecular weight is 416 g/mol. The van der Waals surface area contributed by atoms with Gasteiger partial charge < -0.3 is 4.90 Å². The molecule has 0 bridgehead atoms. The first-order valence-electron chi connectivity index (χ1n) is 9.64. The largest absolute Gasteiger partial charge is 0.341 e. The zero-order valence-corrected chi connectivity index (χ0v) is 17.1. The molecule has 7 heteroatoms. The molecule has 146 valence electrons. The fraction of sp³-hybridized carbons (Fsp3) is 0.381. The first-order chi connectivity index (χ1) is 13.6. The molecule has 2 aromatic heterocycles. The lowest BCUT2D eigenvalue weighted by Crippen LogP contribution is -2.38. The molecule has 5 nitrogen and oxygen atoms in total. The molecule has 1 aliphatic heterocycles. The molecular weight excluding hydrogens is 394 g/mol. The predicted octanol–water partition coefficient (Wildman–Crippen LogP) is 4.57. The van der Waals surface area contributed by atoms with Crippen LogP contribution in [0.3, 0.4) is 0 Å². The van der Waals surface area contributed by atoms with Gasteiger partial charge in [0, 0.05) is 29.1 Å². The number of benzene rings is 1. The van der Waals surface area contributed by atoms with E-state index < -0.39 is 0 Å². The molecule has 1 aromatic carbocycles. The van der Waals surface area contributed by atoms with Gasteiger partial charge in [0.15, 0.2) is 0 Å². The predicted molar refractivity (Wildman–Crippen MR) is 114 cm³/mol. The third-order valence-electron chi connectivity index (χ3n) is 5.23. The summed E-state index contributed by atoms with van der Waals surface area (Å²) in [5.41, 5.74) is 1.58. The van der Waals surface area contributed by atoms with Gasteiger partial charge in [-0.25, -0.2) is 4.98 Å². The summed E-state index contributed by atoms with van der Waals surface area (Å²) in [6, 6.07) is 7.40. The van der Waals surface area contributed by atoms with Crippen molar-refractivity contribution < 1.29 is 4.79 Å². The number of likely N-dealkylation sites (tertiary alicyclic amines) is 1. The molecule has 1 saturated heterocycles. The van der Waals surface area contributed by atoms with Crippen molar-refractivity contribution in [1.29, 1.82) is 0 Å². The molecule has 1 aliphatic rings. The Hall–Kier alpha value is -2.18. The van der Waals surface area contributed by atoms with Crippen molar-refractivity contribution in [2.24, 2.45) is 0 Å². The van der Waals surface area contributed by atoms with Crippen molar-refractivity contribution >= 4 is 39.1 Å². The van der Waals surface area contributed by atoms with Crippen LogP contribution < -0.4 is 5.56 Å². The van der Waals surface area contributed by atoms with E-state index in [9.17, 15) is 9.59 Å². The molecule has 0 saturated carbocycles. The molecular formula is C21H22ClN3O2S. The van der Waals surface area contributed by atoms with E-state index in [1.54, 1.807) is 12.1 Å². The first-order valence-corrected chi connectivity index (χ1v) is 10.9. The van der Waals surface area contributed by atoms with Crippen molar-refractivity contribution in [3.05, 3.63) is 51.3 Å². The minimum Gasteiger partial charge on any atom is -0.341 e. The Kier molecular flexibility index (Phi) is 5.78. The van der Waals surface area contributed by atoms with Gasteiger partial charge in [0.2, 0.25) is 5.91 Å². The van der Waals surface area contributed by atoms with E-state index in [4.69, 9.17) is 11.6 Å². The Labute approximate surface area is 172 Å². The third-order valence-corrected chi connectivity index (χ3v) is 6.37. The number of halogens is 1. The number of rotatable bonds is 3. The lowest BCUT2D eigenvalue weighted by Gasteiger charge is -2.25. The van der Waals surface area contributed by atoms with Crippen LogP contribution in [0.1, 0.15) is 32.1 Å². The van der Waals surface area contributed by atoms with Crippen LogP contribution in [0.2, 0.25) is 5.02 Å². The summed E-state index contributed by atoms with van der Waals surface area (Å²) < 4.78 is 1.44. The second-order valence-corrected chi connectivity index (χ2v) is 8.46.